The van der Waals surface area contributed by atoms with Gasteiger partial charge in [0.1, 0.15) is 5.69 Å². The molecule has 1 N–H and O–H groups in total. The molecule has 1 unspecified atom stereocenters. The van der Waals surface area contributed by atoms with Crippen molar-refractivity contribution in [1.29, 1.82) is 0 Å². The van der Waals surface area contributed by atoms with Crippen LogP contribution >= 0.6 is 0 Å². The fourth-order valence-corrected chi connectivity index (χ4v) is 3.58. The van der Waals surface area contributed by atoms with Crippen molar-refractivity contribution < 1.29 is 9.45 Å². The van der Waals surface area contributed by atoms with E-state index in [2.05, 4.69) is 25.0 Å². The third-order valence-corrected chi connectivity index (χ3v) is 5.29. The molecule has 3 heterocycles. The first kappa shape index (κ1) is 19.0. The van der Waals surface area contributed by atoms with Crippen LogP contribution < -0.4 is 10.5 Å². The summed E-state index contributed by atoms with van der Waals surface area (Å²) in [4.78, 5) is 38.3. The quantitative estimate of drug-likeness (QED) is 0.502. The van der Waals surface area contributed by atoms with Gasteiger partial charge in [0.05, 0.1) is 28.2 Å². The maximum absolute atomic E-state index is 12.0. The molecule has 1 aliphatic rings. The van der Waals surface area contributed by atoms with Gasteiger partial charge >= 0.3 is 0 Å². The van der Waals surface area contributed by atoms with Crippen LogP contribution in [0.1, 0.15) is 31.6 Å². The van der Waals surface area contributed by atoms with Gasteiger partial charge in [-0.15, -0.1) is 0 Å². The number of piperazine rings is 1. The second-order valence-corrected chi connectivity index (χ2v) is 6.95. The van der Waals surface area contributed by atoms with E-state index < -0.39 is 10.5 Å². The van der Waals surface area contributed by atoms with Crippen molar-refractivity contribution >= 4 is 22.3 Å². The van der Waals surface area contributed by atoms with E-state index in [1.807, 2.05) is 18.7 Å². The summed E-state index contributed by atoms with van der Waals surface area (Å²) in [7, 11) is 0. The molecule has 0 spiro atoms. The van der Waals surface area contributed by atoms with Crippen molar-refractivity contribution in [1.82, 2.24) is 25.0 Å². The minimum Gasteiger partial charge on any atom is -0.363 e. The molecule has 1 aromatic carbocycles. The first-order valence-electron chi connectivity index (χ1n) is 9.45. The van der Waals surface area contributed by atoms with Crippen molar-refractivity contribution in [3.63, 3.8) is 0 Å². The molecule has 0 aliphatic carbocycles. The lowest BCUT2D eigenvalue weighted by atomic mass is 10.1. The van der Waals surface area contributed by atoms with E-state index in [1.165, 1.54) is 12.4 Å². The van der Waals surface area contributed by atoms with Gasteiger partial charge in [0.25, 0.3) is 11.2 Å². The highest BCUT2D eigenvalue weighted by atomic mass is 16.6. The molecule has 0 amide bonds. The molecule has 1 fully saturated rings. The first-order chi connectivity index (χ1) is 14.0. The number of nitro groups is 1. The predicted octanol–water partition coefficient (Wildman–Crippen LogP) is 1.66. The second-order valence-electron chi connectivity index (χ2n) is 6.95. The Morgan fingerprint density at radius 3 is 2.72 bits per heavy atom. The topological polar surface area (TPSA) is 134 Å². The summed E-state index contributed by atoms with van der Waals surface area (Å²) in [6.07, 6.45) is 2.02. The van der Waals surface area contributed by atoms with Gasteiger partial charge in [0.15, 0.2) is 5.82 Å². The van der Waals surface area contributed by atoms with E-state index in [0.717, 1.165) is 0 Å². The summed E-state index contributed by atoms with van der Waals surface area (Å²) in [5.74, 6) is 1.26. The normalized spacial score (nSPS) is 16.3. The number of nitrogens with zero attached hydrogens (tertiary/aromatic N) is 6. The monoisotopic (exact) mass is 399 g/mol. The Morgan fingerprint density at radius 2 is 2.07 bits per heavy atom. The lowest BCUT2D eigenvalue weighted by Gasteiger charge is -2.37. The van der Waals surface area contributed by atoms with Crippen molar-refractivity contribution in [3.05, 3.63) is 50.6 Å². The van der Waals surface area contributed by atoms with Gasteiger partial charge in [0.2, 0.25) is 5.89 Å². The zero-order valence-electron chi connectivity index (χ0n) is 16.2. The number of hydrogen-bond donors (Lipinski definition) is 1. The highest BCUT2D eigenvalue weighted by molar-refractivity contribution is 5.87. The standard InChI is InChI=1S/C18H21N7O4/c1-3-16-21-18(29-22-16)11(2)23-4-6-24(7-5-23)14-9-13-12(8-15(14)25(27)28)17(26)20-10-19-13/h8-11H,3-7H2,1-2H3,(H,19,20,26). The van der Waals surface area contributed by atoms with Gasteiger partial charge in [-0.2, -0.15) is 4.98 Å². The smallest absolute Gasteiger partial charge is 0.293 e. The van der Waals surface area contributed by atoms with Crippen LogP contribution in [-0.2, 0) is 6.42 Å². The minimum atomic E-state index is -0.457. The van der Waals surface area contributed by atoms with E-state index in [9.17, 15) is 14.9 Å². The number of aryl methyl sites for hydroxylation is 1. The zero-order chi connectivity index (χ0) is 20.5. The molecule has 1 saturated heterocycles. The summed E-state index contributed by atoms with van der Waals surface area (Å²) < 4.78 is 5.35. The highest BCUT2D eigenvalue weighted by Gasteiger charge is 2.29. The molecule has 152 valence electrons. The number of aromatic nitrogens is 4. The van der Waals surface area contributed by atoms with Crippen LogP contribution in [0.5, 0.6) is 0 Å². The first-order valence-corrected chi connectivity index (χ1v) is 9.45. The van der Waals surface area contributed by atoms with Crippen molar-refractivity contribution in [2.75, 3.05) is 31.1 Å². The summed E-state index contributed by atoms with van der Waals surface area (Å²) in [6, 6.07) is 2.89. The van der Waals surface area contributed by atoms with Gasteiger partial charge in [-0.3, -0.25) is 19.8 Å². The largest absolute Gasteiger partial charge is 0.363 e. The van der Waals surface area contributed by atoms with E-state index >= 15 is 0 Å². The van der Waals surface area contributed by atoms with E-state index in [4.69, 9.17) is 4.52 Å². The number of hydrogen-bond acceptors (Lipinski definition) is 9. The average molecular weight is 399 g/mol. The Balaban J connectivity index is 1.56. The van der Waals surface area contributed by atoms with Crippen LogP contribution in [0.25, 0.3) is 10.9 Å². The summed E-state index contributed by atoms with van der Waals surface area (Å²) in [5, 5.41) is 15.8. The molecule has 0 radical (unpaired) electrons. The predicted molar refractivity (Wildman–Crippen MR) is 105 cm³/mol. The van der Waals surface area contributed by atoms with E-state index in [-0.39, 0.29) is 17.1 Å². The van der Waals surface area contributed by atoms with Gasteiger partial charge in [-0.05, 0) is 13.0 Å². The molecule has 11 heteroatoms. The minimum absolute atomic E-state index is 0.0308. The molecule has 4 rings (SSSR count). The SMILES string of the molecule is CCc1noc(C(C)N2CCN(c3cc4nc[nH]c(=O)c4cc3[N+](=O)[O-])CC2)n1. The van der Waals surface area contributed by atoms with Crippen LogP contribution in [-0.4, -0.2) is 56.1 Å². The van der Waals surface area contributed by atoms with Gasteiger partial charge in [-0.25, -0.2) is 4.98 Å². The Bertz CT molecular complexity index is 1100. The van der Waals surface area contributed by atoms with Gasteiger partial charge < -0.3 is 14.4 Å². The van der Waals surface area contributed by atoms with Gasteiger partial charge in [0, 0.05) is 38.7 Å². The van der Waals surface area contributed by atoms with Crippen LogP contribution in [0.15, 0.2) is 27.8 Å². The maximum Gasteiger partial charge on any atom is 0.293 e. The molecule has 3 aromatic rings. The number of fused-ring (bicyclic) bond motifs is 1. The Labute approximate surface area is 165 Å². The lowest BCUT2D eigenvalue weighted by molar-refractivity contribution is -0.384. The third kappa shape index (κ3) is 3.56. The number of benzene rings is 1. The third-order valence-electron chi connectivity index (χ3n) is 5.29. The second kappa shape index (κ2) is 7.59. The molecule has 2 aromatic heterocycles. The Morgan fingerprint density at radius 1 is 1.31 bits per heavy atom. The molecule has 29 heavy (non-hydrogen) atoms. The molecule has 1 aliphatic heterocycles. The van der Waals surface area contributed by atoms with E-state index in [0.29, 0.717) is 55.5 Å². The molecule has 0 saturated carbocycles. The van der Waals surface area contributed by atoms with Gasteiger partial charge in [-0.1, -0.05) is 12.1 Å². The van der Waals surface area contributed by atoms with Crippen LogP contribution in [0.3, 0.4) is 0 Å². The number of nitro benzene ring substituents is 1. The van der Waals surface area contributed by atoms with Crippen molar-refractivity contribution in [2.45, 2.75) is 26.3 Å². The lowest BCUT2D eigenvalue weighted by Crippen LogP contribution is -2.47. The summed E-state index contributed by atoms with van der Waals surface area (Å²) >= 11 is 0. The average Bonchev–Trinajstić information content (AvgIpc) is 3.22. The van der Waals surface area contributed by atoms with Crippen LogP contribution in [0.2, 0.25) is 0 Å². The van der Waals surface area contributed by atoms with Crippen molar-refractivity contribution in [2.24, 2.45) is 0 Å². The number of rotatable bonds is 5. The Hall–Kier alpha value is -3.34. The fraction of sp³-hybridized carbons (Fsp3) is 0.444. The van der Waals surface area contributed by atoms with Crippen LogP contribution in [0.4, 0.5) is 11.4 Å². The van der Waals surface area contributed by atoms with Crippen LogP contribution in [0, 0.1) is 10.1 Å². The molecule has 11 nitrogen and oxygen atoms in total. The highest BCUT2D eigenvalue weighted by Crippen LogP contribution is 2.32. The number of aromatic amines is 1. The number of H-pyrrole nitrogens is 1. The zero-order valence-corrected chi connectivity index (χ0v) is 16.2. The molecule has 0 bridgehead atoms. The number of nitrogens with one attached hydrogen (secondary N) is 1. The molecular weight excluding hydrogens is 378 g/mol. The summed E-state index contributed by atoms with van der Waals surface area (Å²) in [5.41, 5.74) is 0.415. The Kier molecular flexibility index (Phi) is 4.97. The summed E-state index contributed by atoms with van der Waals surface area (Å²) in [6.45, 7) is 6.53. The van der Waals surface area contributed by atoms with E-state index in [1.54, 1.807) is 6.07 Å². The maximum atomic E-state index is 12.0. The van der Waals surface area contributed by atoms with Crippen molar-refractivity contribution in [3.8, 4) is 0 Å². The molecular formula is C18H21N7O4. The number of anilines is 1. The fourth-order valence-electron chi connectivity index (χ4n) is 3.58. The molecule has 1 atom stereocenters.